The Morgan fingerprint density at radius 1 is 1.56 bits per heavy atom. The monoisotopic (exact) mass is 351 g/mol. The van der Waals surface area contributed by atoms with Gasteiger partial charge < -0.3 is 10.4 Å². The van der Waals surface area contributed by atoms with E-state index in [1.54, 1.807) is 12.1 Å². The van der Waals surface area contributed by atoms with Crippen LogP contribution >= 0.6 is 34.2 Å². The van der Waals surface area contributed by atoms with Crippen molar-refractivity contribution in [2.24, 2.45) is 0 Å². The summed E-state index contributed by atoms with van der Waals surface area (Å²) < 4.78 is 0.729. The van der Waals surface area contributed by atoms with Crippen molar-refractivity contribution in [3.05, 3.63) is 27.3 Å². The highest BCUT2D eigenvalue weighted by molar-refractivity contribution is 14.1. The number of hydrogen-bond acceptors (Lipinski definition) is 2. The minimum atomic E-state index is -0.211. The topological polar surface area (TPSA) is 49.3 Å². The summed E-state index contributed by atoms with van der Waals surface area (Å²) in [5.74, 6) is 0.392. The number of carbonyl (C=O) groups is 1. The second-order valence-electron chi connectivity index (χ2n) is 4.03. The summed E-state index contributed by atoms with van der Waals surface area (Å²) in [6.45, 7) is 0. The lowest BCUT2D eigenvalue weighted by molar-refractivity contribution is 0.0935. The quantitative estimate of drug-likeness (QED) is 0.649. The van der Waals surface area contributed by atoms with E-state index < -0.39 is 0 Å². The summed E-state index contributed by atoms with van der Waals surface area (Å²) in [4.78, 5) is 11.8. The molecule has 0 aliphatic heterocycles. The van der Waals surface area contributed by atoms with E-state index >= 15 is 0 Å². The Bertz CT molecular complexity index is 432. The average Bonchev–Trinajstić information content (AvgIpc) is 3.02. The van der Waals surface area contributed by atoms with Crippen LogP contribution in [0.25, 0.3) is 0 Å². The molecule has 5 heteroatoms. The van der Waals surface area contributed by atoms with E-state index in [0.29, 0.717) is 11.4 Å². The second-order valence-corrected chi connectivity index (χ2v) is 5.46. The lowest BCUT2D eigenvalue weighted by atomic mass is 10.2. The third-order valence-corrected chi connectivity index (χ3v) is 4.12. The van der Waals surface area contributed by atoms with E-state index in [9.17, 15) is 9.90 Å². The van der Waals surface area contributed by atoms with E-state index in [4.69, 9.17) is 11.6 Å². The number of rotatable bonds is 3. The second kappa shape index (κ2) is 4.41. The van der Waals surface area contributed by atoms with Gasteiger partial charge in [-0.1, -0.05) is 0 Å². The van der Waals surface area contributed by atoms with Gasteiger partial charge in [0.15, 0.2) is 0 Å². The molecular formula is C11H11ClINO2. The molecule has 1 amide bonds. The molecule has 1 saturated carbocycles. The average molecular weight is 352 g/mol. The van der Waals surface area contributed by atoms with Gasteiger partial charge in [-0.25, -0.2) is 0 Å². The van der Waals surface area contributed by atoms with Crippen molar-refractivity contribution in [2.75, 3.05) is 5.88 Å². The molecule has 1 fully saturated rings. The van der Waals surface area contributed by atoms with Crippen LogP contribution in [0.15, 0.2) is 18.2 Å². The zero-order valence-corrected chi connectivity index (χ0v) is 11.4. The highest BCUT2D eigenvalue weighted by atomic mass is 127. The number of phenols is 1. The van der Waals surface area contributed by atoms with Gasteiger partial charge in [-0.3, -0.25) is 4.79 Å². The van der Waals surface area contributed by atoms with Crippen molar-refractivity contribution in [1.29, 1.82) is 0 Å². The van der Waals surface area contributed by atoms with Gasteiger partial charge in [0.2, 0.25) is 0 Å². The highest BCUT2D eigenvalue weighted by Gasteiger charge is 2.43. The fourth-order valence-corrected chi connectivity index (χ4v) is 2.08. The number of alkyl halides is 1. The molecule has 0 radical (unpaired) electrons. The minimum absolute atomic E-state index is 0.129. The Morgan fingerprint density at radius 3 is 2.75 bits per heavy atom. The fourth-order valence-electron chi connectivity index (χ4n) is 1.41. The first-order valence-corrected chi connectivity index (χ1v) is 6.55. The molecule has 0 unspecified atom stereocenters. The molecule has 1 aromatic carbocycles. The summed E-state index contributed by atoms with van der Waals surface area (Å²) in [5, 5.41) is 12.4. The number of phenolic OH excluding ortho intramolecular Hbond substituents is 1. The molecule has 0 heterocycles. The first kappa shape index (κ1) is 12.0. The third kappa shape index (κ3) is 2.43. The number of amides is 1. The predicted molar refractivity (Wildman–Crippen MR) is 71.0 cm³/mol. The van der Waals surface area contributed by atoms with Gasteiger partial charge in [-0.05, 0) is 53.6 Å². The van der Waals surface area contributed by atoms with Gasteiger partial charge >= 0.3 is 0 Å². The smallest absolute Gasteiger partial charge is 0.251 e. The van der Waals surface area contributed by atoms with Crippen LogP contribution in [0.1, 0.15) is 23.2 Å². The molecule has 0 bridgehead atoms. The largest absolute Gasteiger partial charge is 0.507 e. The Hall–Kier alpha value is -0.490. The molecule has 0 saturated heterocycles. The van der Waals surface area contributed by atoms with Gasteiger partial charge in [0, 0.05) is 11.4 Å². The number of carbonyl (C=O) groups excluding carboxylic acids is 1. The van der Waals surface area contributed by atoms with E-state index in [1.807, 2.05) is 22.6 Å². The van der Waals surface area contributed by atoms with E-state index in [2.05, 4.69) is 5.32 Å². The van der Waals surface area contributed by atoms with Crippen LogP contribution in [-0.2, 0) is 0 Å². The molecule has 2 N–H and O–H groups in total. The molecule has 3 nitrogen and oxygen atoms in total. The summed E-state index contributed by atoms with van der Waals surface area (Å²) in [5.41, 5.74) is 0.256. The Labute approximate surface area is 112 Å². The lowest BCUT2D eigenvalue weighted by Gasteiger charge is -2.14. The van der Waals surface area contributed by atoms with Gasteiger partial charge in [0.1, 0.15) is 5.75 Å². The first-order chi connectivity index (χ1) is 7.56. The molecule has 0 spiro atoms. The number of halogens is 2. The summed E-state index contributed by atoms with van der Waals surface area (Å²) >= 11 is 7.79. The van der Waals surface area contributed by atoms with Crippen LogP contribution in [0.5, 0.6) is 5.75 Å². The molecule has 86 valence electrons. The van der Waals surface area contributed by atoms with E-state index in [-0.39, 0.29) is 17.2 Å². The zero-order valence-electron chi connectivity index (χ0n) is 8.46. The Kier molecular flexibility index (Phi) is 3.30. The van der Waals surface area contributed by atoms with Gasteiger partial charge in [-0.15, -0.1) is 11.6 Å². The lowest BCUT2D eigenvalue weighted by Crippen LogP contribution is -2.38. The van der Waals surface area contributed by atoms with Gasteiger partial charge in [0.25, 0.3) is 5.91 Å². The van der Waals surface area contributed by atoms with Crippen LogP contribution < -0.4 is 5.32 Å². The third-order valence-electron chi connectivity index (χ3n) is 2.70. The molecule has 1 aliphatic rings. The summed E-state index contributed by atoms with van der Waals surface area (Å²) in [6.07, 6.45) is 1.86. The maximum absolute atomic E-state index is 11.8. The number of benzene rings is 1. The predicted octanol–water partition coefficient (Wildman–Crippen LogP) is 2.50. The maximum atomic E-state index is 11.8. The van der Waals surface area contributed by atoms with Gasteiger partial charge in [-0.2, -0.15) is 0 Å². The van der Waals surface area contributed by atoms with Crippen molar-refractivity contribution in [3.63, 3.8) is 0 Å². The SMILES string of the molecule is O=C(NC1(CCl)CC1)c1ccc(I)c(O)c1. The molecule has 0 atom stereocenters. The normalized spacial score (nSPS) is 16.9. The van der Waals surface area contributed by atoms with Crippen LogP contribution in [-0.4, -0.2) is 22.4 Å². The number of nitrogens with one attached hydrogen (secondary N) is 1. The van der Waals surface area contributed by atoms with Crippen LogP contribution in [0.3, 0.4) is 0 Å². The Morgan fingerprint density at radius 2 is 2.25 bits per heavy atom. The Balaban J connectivity index is 2.12. The highest BCUT2D eigenvalue weighted by Crippen LogP contribution is 2.36. The van der Waals surface area contributed by atoms with Crippen molar-refractivity contribution in [1.82, 2.24) is 5.32 Å². The summed E-state index contributed by atoms with van der Waals surface area (Å²) in [6, 6.07) is 4.88. The first-order valence-electron chi connectivity index (χ1n) is 4.93. The minimum Gasteiger partial charge on any atom is -0.507 e. The summed E-state index contributed by atoms with van der Waals surface area (Å²) in [7, 11) is 0. The van der Waals surface area contributed by atoms with Gasteiger partial charge in [0.05, 0.1) is 9.11 Å². The van der Waals surface area contributed by atoms with Crippen LogP contribution in [0, 0.1) is 3.57 Å². The van der Waals surface area contributed by atoms with Crippen LogP contribution in [0.2, 0.25) is 0 Å². The number of hydrogen-bond donors (Lipinski definition) is 2. The van der Waals surface area contributed by atoms with E-state index in [1.165, 1.54) is 6.07 Å². The zero-order chi connectivity index (χ0) is 11.8. The molecule has 0 aromatic heterocycles. The van der Waals surface area contributed by atoms with Crippen molar-refractivity contribution < 1.29 is 9.90 Å². The fraction of sp³-hybridized carbons (Fsp3) is 0.364. The standard InChI is InChI=1S/C11H11ClINO2/c12-6-11(3-4-11)14-10(16)7-1-2-8(13)9(15)5-7/h1-2,5,15H,3-4,6H2,(H,14,16). The van der Waals surface area contributed by atoms with Crippen LogP contribution in [0.4, 0.5) is 0 Å². The molecule has 1 aliphatic carbocycles. The molecular weight excluding hydrogens is 340 g/mol. The molecule has 2 rings (SSSR count). The molecule has 16 heavy (non-hydrogen) atoms. The molecule has 1 aromatic rings. The van der Waals surface area contributed by atoms with Crippen molar-refractivity contribution in [3.8, 4) is 5.75 Å². The van der Waals surface area contributed by atoms with E-state index in [0.717, 1.165) is 16.4 Å². The maximum Gasteiger partial charge on any atom is 0.251 e. The number of aromatic hydroxyl groups is 1. The van der Waals surface area contributed by atoms with Crippen molar-refractivity contribution >= 4 is 40.1 Å². The van der Waals surface area contributed by atoms with Crippen molar-refractivity contribution in [2.45, 2.75) is 18.4 Å².